The van der Waals surface area contributed by atoms with Gasteiger partial charge in [0.25, 0.3) is 0 Å². The first kappa shape index (κ1) is 10.0. The highest BCUT2D eigenvalue weighted by Gasteiger charge is 2.12. The zero-order chi connectivity index (χ0) is 8.36. The average Bonchev–Trinajstić information content (AvgIpc) is 1.60. The molecule has 0 aromatic carbocycles. The molecule has 0 radical (unpaired) electrons. The summed E-state index contributed by atoms with van der Waals surface area (Å²) in [6.07, 6.45) is 0. The Morgan fingerprint density at radius 1 is 1.60 bits per heavy atom. The third-order valence-corrected chi connectivity index (χ3v) is 2.15. The zero-order valence-electron chi connectivity index (χ0n) is 6.68. The van der Waals surface area contributed by atoms with Gasteiger partial charge in [-0.05, 0) is 12.5 Å². The van der Waals surface area contributed by atoms with E-state index in [1.807, 2.05) is 21.0 Å². The lowest BCUT2D eigenvalue weighted by Gasteiger charge is -2.32. The molecule has 0 spiro atoms. The van der Waals surface area contributed by atoms with Crippen LogP contribution in [0.1, 0.15) is 6.92 Å². The zero-order valence-corrected chi connectivity index (χ0v) is 8.31. The first-order chi connectivity index (χ1) is 4.36. The number of thiocarbonyl (C=S) groups is 1. The maximum Gasteiger partial charge on any atom is 0.103 e. The van der Waals surface area contributed by atoms with Crippen molar-refractivity contribution in [3.63, 3.8) is 0 Å². The lowest BCUT2D eigenvalue weighted by Crippen LogP contribution is -2.44. The van der Waals surface area contributed by atoms with Crippen molar-refractivity contribution in [3.05, 3.63) is 12.2 Å². The van der Waals surface area contributed by atoms with Crippen LogP contribution in [0.2, 0.25) is 0 Å². The molecule has 0 fully saturated rings. The summed E-state index contributed by atoms with van der Waals surface area (Å²) in [7, 11) is 3.98. The van der Waals surface area contributed by atoms with Gasteiger partial charge >= 0.3 is 0 Å². The second-order valence-corrected chi connectivity index (χ2v) is 4.10. The van der Waals surface area contributed by atoms with E-state index in [0.717, 1.165) is 12.1 Å². The maximum atomic E-state index is 4.90. The molecule has 0 bridgehead atoms. The SMILES string of the molecule is C=C(C)C[N+](C)(C)C(=S)[S-]. The molecule has 0 rings (SSSR count). The van der Waals surface area contributed by atoms with Crippen molar-refractivity contribution >= 4 is 29.2 Å². The molecule has 10 heavy (non-hydrogen) atoms. The molecule has 0 aliphatic carbocycles. The van der Waals surface area contributed by atoms with Crippen molar-refractivity contribution in [1.29, 1.82) is 0 Å². The highest BCUT2D eigenvalue weighted by Crippen LogP contribution is 2.03. The van der Waals surface area contributed by atoms with Crippen molar-refractivity contribution in [2.45, 2.75) is 6.92 Å². The van der Waals surface area contributed by atoms with E-state index in [0.29, 0.717) is 8.80 Å². The quantitative estimate of drug-likeness (QED) is 0.270. The Balaban J connectivity index is 4.13. The minimum absolute atomic E-state index is 0.583. The predicted octanol–water partition coefficient (Wildman–Crippen LogP) is 1.47. The van der Waals surface area contributed by atoms with Crippen LogP contribution in [0.25, 0.3) is 0 Å². The van der Waals surface area contributed by atoms with Crippen LogP contribution in [0.5, 0.6) is 0 Å². The van der Waals surface area contributed by atoms with Crippen LogP contribution < -0.4 is 0 Å². The van der Waals surface area contributed by atoms with E-state index in [9.17, 15) is 0 Å². The summed E-state index contributed by atoms with van der Waals surface area (Å²) in [5.74, 6) is 0. The van der Waals surface area contributed by atoms with Gasteiger partial charge in [-0.1, -0.05) is 6.58 Å². The number of hydrogen-bond acceptors (Lipinski definition) is 2. The molecule has 0 saturated carbocycles. The Kier molecular flexibility index (Phi) is 3.42. The van der Waals surface area contributed by atoms with Gasteiger partial charge in [0.2, 0.25) is 0 Å². The molecule has 58 valence electrons. The summed E-state index contributed by atoms with van der Waals surface area (Å²) < 4.78 is 1.17. The van der Waals surface area contributed by atoms with Crippen LogP contribution >= 0.6 is 12.2 Å². The predicted molar refractivity (Wildman–Crippen MR) is 51.8 cm³/mol. The molecule has 3 heteroatoms. The molecule has 0 unspecified atom stereocenters. The minimum Gasteiger partial charge on any atom is -0.370 e. The van der Waals surface area contributed by atoms with Gasteiger partial charge in [-0.2, -0.15) is 0 Å². The lowest BCUT2D eigenvalue weighted by molar-refractivity contribution is -0.787. The van der Waals surface area contributed by atoms with Crippen molar-refractivity contribution < 1.29 is 4.48 Å². The monoisotopic (exact) mass is 175 g/mol. The summed E-state index contributed by atoms with van der Waals surface area (Å²) in [6.45, 7) is 6.62. The molecular weight excluding hydrogens is 162 g/mol. The third-order valence-electron chi connectivity index (χ3n) is 1.16. The molecule has 0 N–H and O–H groups in total. The summed E-state index contributed by atoms with van der Waals surface area (Å²) in [5.41, 5.74) is 1.11. The Hall–Kier alpha value is 0.0100. The third kappa shape index (κ3) is 3.25. The van der Waals surface area contributed by atoms with Gasteiger partial charge in [-0.15, -0.1) is 0 Å². The molecule has 0 amide bonds. The summed E-state index contributed by atoms with van der Waals surface area (Å²) in [6, 6.07) is 0. The standard InChI is InChI=1S/C7H13NS2/c1-6(2)5-8(3,4)7(9)10/h1,5H2,2-4H3. The Morgan fingerprint density at radius 3 is 2.10 bits per heavy atom. The first-order valence-electron chi connectivity index (χ1n) is 3.05. The highest BCUT2D eigenvalue weighted by molar-refractivity contribution is 7.99. The van der Waals surface area contributed by atoms with Gasteiger partial charge in [0.05, 0.1) is 14.1 Å². The van der Waals surface area contributed by atoms with Gasteiger partial charge in [0.1, 0.15) is 6.54 Å². The largest absolute Gasteiger partial charge is 0.370 e. The van der Waals surface area contributed by atoms with Crippen LogP contribution in [0.3, 0.4) is 0 Å². The number of likely N-dealkylation sites (N-methyl/N-ethyl adjacent to an activating group) is 1. The molecule has 0 saturated heterocycles. The Bertz CT molecular complexity index is 161. The fourth-order valence-electron chi connectivity index (χ4n) is 0.739. The molecule has 0 heterocycles. The molecule has 0 aliphatic heterocycles. The number of hydrogen-bond donors (Lipinski definition) is 0. The molecule has 0 aromatic rings. The van der Waals surface area contributed by atoms with Crippen molar-refractivity contribution in [2.75, 3.05) is 20.6 Å². The van der Waals surface area contributed by atoms with Crippen LogP contribution in [0, 0.1) is 0 Å². The van der Waals surface area contributed by atoms with E-state index in [-0.39, 0.29) is 0 Å². The van der Waals surface area contributed by atoms with Gasteiger partial charge < -0.3 is 29.3 Å². The van der Waals surface area contributed by atoms with Gasteiger partial charge in [-0.3, -0.25) is 0 Å². The summed E-state index contributed by atoms with van der Waals surface area (Å²) >= 11 is 9.79. The Labute approximate surface area is 73.7 Å². The molecule has 1 nitrogen and oxygen atoms in total. The smallest absolute Gasteiger partial charge is 0.103 e. The van der Waals surface area contributed by atoms with Crippen molar-refractivity contribution in [1.82, 2.24) is 0 Å². The second kappa shape index (κ2) is 3.42. The van der Waals surface area contributed by atoms with E-state index >= 15 is 0 Å². The van der Waals surface area contributed by atoms with Crippen molar-refractivity contribution in [2.24, 2.45) is 0 Å². The fraction of sp³-hybridized carbons (Fsp3) is 0.571. The maximum absolute atomic E-state index is 4.90. The van der Waals surface area contributed by atoms with Crippen molar-refractivity contribution in [3.8, 4) is 0 Å². The second-order valence-electron chi connectivity index (χ2n) is 3.07. The van der Waals surface area contributed by atoms with E-state index in [2.05, 4.69) is 6.58 Å². The van der Waals surface area contributed by atoms with E-state index in [1.165, 1.54) is 0 Å². The van der Waals surface area contributed by atoms with Gasteiger partial charge in [-0.25, -0.2) is 0 Å². The van der Waals surface area contributed by atoms with E-state index in [1.54, 1.807) is 0 Å². The molecular formula is C7H13NS2. The average molecular weight is 175 g/mol. The minimum atomic E-state index is 0.583. The Morgan fingerprint density at radius 2 is 2.00 bits per heavy atom. The number of nitrogens with zero attached hydrogens (tertiary/aromatic N) is 1. The molecule has 0 aromatic heterocycles. The summed E-state index contributed by atoms with van der Waals surface area (Å²) in [5, 5.41) is 0. The van der Waals surface area contributed by atoms with Crippen LogP contribution in [-0.4, -0.2) is 29.4 Å². The lowest BCUT2D eigenvalue weighted by atomic mass is 10.3. The van der Waals surface area contributed by atoms with Crippen LogP contribution in [0.15, 0.2) is 12.2 Å². The van der Waals surface area contributed by atoms with Crippen LogP contribution in [-0.2, 0) is 12.6 Å². The normalized spacial score (nSPS) is 11.1. The first-order valence-corrected chi connectivity index (χ1v) is 3.87. The van der Waals surface area contributed by atoms with E-state index < -0.39 is 0 Å². The van der Waals surface area contributed by atoms with Gasteiger partial charge in [0.15, 0.2) is 0 Å². The highest BCUT2D eigenvalue weighted by atomic mass is 32.1. The summed E-state index contributed by atoms with van der Waals surface area (Å²) in [4.78, 5) is 0. The number of quaternary nitrogens is 1. The number of rotatable bonds is 2. The van der Waals surface area contributed by atoms with Crippen LogP contribution in [0.4, 0.5) is 0 Å². The molecule has 0 atom stereocenters. The molecule has 0 aliphatic rings. The topological polar surface area (TPSA) is 0 Å². The van der Waals surface area contributed by atoms with Gasteiger partial charge in [0, 0.05) is 4.32 Å². The van der Waals surface area contributed by atoms with E-state index in [4.69, 9.17) is 24.8 Å². The fourth-order valence-corrected chi connectivity index (χ4v) is 0.868.